The average Bonchev–Trinajstić information content (AvgIpc) is 3.43. The van der Waals surface area contributed by atoms with Crippen LogP contribution >= 0.6 is 0 Å². The standard InChI is InChI=1S/C30H30FN5O2/c1-16-17(2)36(20-9-12-22(29(32)38)25(15-20)33-19-7-10-21(37)11-8-19)27-5-3-4-23(28(16)27)30-34-24-13-6-18(31)14-26(24)35-30/h3-6,9,12-15,19,21,33,37H,7-8,10-11H2,1-2H3,(H2,32,38)(H,34,35)/t19-,21-. The number of rotatable bonds is 5. The van der Waals surface area contributed by atoms with Crippen LogP contribution in [0.2, 0.25) is 0 Å². The van der Waals surface area contributed by atoms with Gasteiger partial charge >= 0.3 is 0 Å². The number of anilines is 1. The van der Waals surface area contributed by atoms with E-state index in [2.05, 4.69) is 34.8 Å². The van der Waals surface area contributed by atoms with Crippen LogP contribution in [0.3, 0.4) is 0 Å². The van der Waals surface area contributed by atoms with Gasteiger partial charge in [0.25, 0.3) is 5.91 Å². The summed E-state index contributed by atoms with van der Waals surface area (Å²) in [7, 11) is 0. The lowest BCUT2D eigenvalue weighted by Crippen LogP contribution is -2.29. The summed E-state index contributed by atoms with van der Waals surface area (Å²) >= 11 is 0. The van der Waals surface area contributed by atoms with Crippen LogP contribution in [0.5, 0.6) is 0 Å². The Morgan fingerprint density at radius 2 is 1.89 bits per heavy atom. The quantitative estimate of drug-likeness (QED) is 0.241. The van der Waals surface area contributed by atoms with Crippen molar-refractivity contribution in [1.29, 1.82) is 0 Å². The first-order chi connectivity index (χ1) is 18.3. The van der Waals surface area contributed by atoms with Gasteiger partial charge in [0.05, 0.1) is 28.2 Å². The number of nitrogens with one attached hydrogen (secondary N) is 2. The zero-order chi connectivity index (χ0) is 26.6. The predicted molar refractivity (Wildman–Crippen MR) is 148 cm³/mol. The molecule has 1 fully saturated rings. The van der Waals surface area contributed by atoms with Gasteiger partial charge in [-0.05, 0) is 87.6 Å². The first-order valence-corrected chi connectivity index (χ1v) is 12.9. The number of carbonyl (C=O) groups excluding carboxylic acids is 1. The van der Waals surface area contributed by atoms with Gasteiger partial charge in [0.15, 0.2) is 0 Å². The maximum atomic E-state index is 13.8. The van der Waals surface area contributed by atoms with Gasteiger partial charge in [0.2, 0.25) is 0 Å². The number of carbonyl (C=O) groups is 1. The highest BCUT2D eigenvalue weighted by Crippen LogP contribution is 2.37. The van der Waals surface area contributed by atoms with Gasteiger partial charge in [-0.15, -0.1) is 0 Å². The number of halogens is 1. The molecule has 1 amide bonds. The van der Waals surface area contributed by atoms with E-state index in [1.807, 2.05) is 24.3 Å². The minimum atomic E-state index is -0.483. The number of aromatic nitrogens is 3. The Kier molecular flexibility index (Phi) is 5.91. The normalized spacial score (nSPS) is 17.8. The number of imidazole rings is 1. The summed E-state index contributed by atoms with van der Waals surface area (Å²) < 4.78 is 16.0. The van der Waals surface area contributed by atoms with Gasteiger partial charge in [-0.25, -0.2) is 9.37 Å². The number of aryl methyl sites for hydroxylation is 1. The third kappa shape index (κ3) is 4.11. The molecule has 0 radical (unpaired) electrons. The van der Waals surface area contributed by atoms with Crippen molar-refractivity contribution in [3.05, 3.63) is 77.2 Å². The molecular weight excluding hydrogens is 481 g/mol. The minimum absolute atomic E-state index is 0.167. The van der Waals surface area contributed by atoms with Crippen molar-refractivity contribution in [1.82, 2.24) is 14.5 Å². The van der Waals surface area contributed by atoms with Crippen LogP contribution < -0.4 is 11.1 Å². The van der Waals surface area contributed by atoms with Crippen LogP contribution in [0.15, 0.2) is 54.6 Å². The number of benzene rings is 3. The Hall–Kier alpha value is -4.17. The van der Waals surface area contributed by atoms with Crippen LogP contribution in [0, 0.1) is 19.7 Å². The molecule has 5 N–H and O–H groups in total. The molecule has 1 aliphatic carbocycles. The Labute approximate surface area is 219 Å². The van der Waals surface area contributed by atoms with E-state index < -0.39 is 5.91 Å². The van der Waals surface area contributed by atoms with E-state index in [-0.39, 0.29) is 18.0 Å². The maximum Gasteiger partial charge on any atom is 0.250 e. The SMILES string of the molecule is Cc1c(C)n(-c2ccc(C(N)=O)c(N[C@H]3CC[C@H](O)CC3)c2)c2cccc(-c3nc4ccc(F)cc4[nH]3)c12. The highest BCUT2D eigenvalue weighted by molar-refractivity contribution is 6.01. The minimum Gasteiger partial charge on any atom is -0.393 e. The highest BCUT2D eigenvalue weighted by Gasteiger charge is 2.23. The molecule has 5 aromatic rings. The van der Waals surface area contributed by atoms with E-state index in [9.17, 15) is 14.3 Å². The molecule has 0 unspecified atom stereocenters. The lowest BCUT2D eigenvalue weighted by atomic mass is 9.92. The van der Waals surface area contributed by atoms with Gasteiger partial charge in [-0.3, -0.25) is 4.79 Å². The number of nitrogens with two attached hydrogens (primary N) is 1. The van der Waals surface area contributed by atoms with Crippen LogP contribution in [0.25, 0.3) is 39.0 Å². The second-order valence-electron chi connectivity index (χ2n) is 10.2. The topological polar surface area (TPSA) is 109 Å². The van der Waals surface area contributed by atoms with Crippen molar-refractivity contribution in [2.24, 2.45) is 5.73 Å². The number of H-pyrrole nitrogens is 1. The summed E-state index contributed by atoms with van der Waals surface area (Å²) in [6.07, 6.45) is 2.88. The third-order valence-electron chi connectivity index (χ3n) is 7.82. The Morgan fingerprint density at radius 1 is 1.11 bits per heavy atom. The molecule has 1 saturated carbocycles. The summed E-state index contributed by atoms with van der Waals surface area (Å²) in [5.74, 6) is -0.108. The summed E-state index contributed by atoms with van der Waals surface area (Å²) in [5.41, 5.74) is 13.2. The van der Waals surface area contributed by atoms with Crippen molar-refractivity contribution >= 4 is 33.5 Å². The molecule has 2 heterocycles. The first kappa shape index (κ1) is 24.2. The summed E-state index contributed by atoms with van der Waals surface area (Å²) in [6, 6.07) is 16.5. The predicted octanol–water partition coefficient (Wildman–Crippen LogP) is 5.74. The zero-order valence-electron chi connectivity index (χ0n) is 21.4. The van der Waals surface area contributed by atoms with E-state index in [4.69, 9.17) is 10.7 Å². The number of hydrogen-bond acceptors (Lipinski definition) is 4. The summed E-state index contributed by atoms with van der Waals surface area (Å²) in [4.78, 5) is 20.3. The number of primary amides is 1. The number of nitrogens with zero attached hydrogens (tertiary/aromatic N) is 2. The van der Waals surface area contributed by atoms with E-state index in [0.29, 0.717) is 28.1 Å². The molecule has 0 spiro atoms. The summed E-state index contributed by atoms with van der Waals surface area (Å²) in [5, 5.41) is 14.5. The first-order valence-electron chi connectivity index (χ1n) is 12.9. The average molecular weight is 512 g/mol. The van der Waals surface area contributed by atoms with Crippen molar-refractivity contribution in [3.8, 4) is 17.1 Å². The zero-order valence-corrected chi connectivity index (χ0v) is 21.4. The molecule has 7 nitrogen and oxygen atoms in total. The summed E-state index contributed by atoms with van der Waals surface area (Å²) in [6.45, 7) is 4.16. The molecule has 194 valence electrons. The van der Waals surface area contributed by atoms with E-state index in [1.54, 1.807) is 12.1 Å². The Morgan fingerprint density at radius 3 is 2.66 bits per heavy atom. The van der Waals surface area contributed by atoms with Gasteiger partial charge in [-0.1, -0.05) is 12.1 Å². The number of amides is 1. The van der Waals surface area contributed by atoms with Gasteiger partial charge in [0.1, 0.15) is 11.6 Å². The Balaban J connectivity index is 1.47. The van der Waals surface area contributed by atoms with E-state index in [1.165, 1.54) is 12.1 Å². The van der Waals surface area contributed by atoms with Crippen molar-refractivity contribution in [2.75, 3.05) is 5.32 Å². The number of fused-ring (bicyclic) bond motifs is 2. The fraction of sp³-hybridized carbons (Fsp3) is 0.267. The van der Waals surface area contributed by atoms with Crippen molar-refractivity contribution < 1.29 is 14.3 Å². The molecule has 38 heavy (non-hydrogen) atoms. The lowest BCUT2D eigenvalue weighted by molar-refractivity contribution is 0.100. The van der Waals surface area contributed by atoms with Crippen LogP contribution in [0.4, 0.5) is 10.1 Å². The molecule has 6 rings (SSSR count). The van der Waals surface area contributed by atoms with E-state index in [0.717, 1.165) is 59.1 Å². The number of aromatic amines is 1. The molecule has 1 aliphatic rings. The molecule has 0 atom stereocenters. The highest BCUT2D eigenvalue weighted by atomic mass is 19.1. The lowest BCUT2D eigenvalue weighted by Gasteiger charge is -2.28. The number of hydrogen-bond donors (Lipinski definition) is 4. The van der Waals surface area contributed by atoms with Gasteiger partial charge < -0.3 is 25.7 Å². The second kappa shape index (κ2) is 9.29. The molecule has 8 heteroatoms. The van der Waals surface area contributed by atoms with Crippen LogP contribution in [-0.2, 0) is 0 Å². The van der Waals surface area contributed by atoms with Gasteiger partial charge in [-0.2, -0.15) is 0 Å². The van der Waals surface area contributed by atoms with Crippen molar-refractivity contribution in [3.63, 3.8) is 0 Å². The van der Waals surface area contributed by atoms with E-state index >= 15 is 0 Å². The molecule has 0 aliphatic heterocycles. The Bertz CT molecular complexity index is 1690. The smallest absolute Gasteiger partial charge is 0.250 e. The largest absolute Gasteiger partial charge is 0.393 e. The fourth-order valence-electron chi connectivity index (χ4n) is 5.74. The molecule has 0 saturated heterocycles. The van der Waals surface area contributed by atoms with Crippen LogP contribution in [0.1, 0.15) is 47.3 Å². The monoisotopic (exact) mass is 511 g/mol. The second-order valence-corrected chi connectivity index (χ2v) is 10.2. The number of aliphatic hydroxyl groups excluding tert-OH is 1. The fourth-order valence-corrected chi connectivity index (χ4v) is 5.74. The number of aliphatic hydroxyl groups is 1. The maximum absolute atomic E-state index is 13.8. The molecule has 2 aromatic heterocycles. The molecule has 0 bridgehead atoms. The molecule has 3 aromatic carbocycles. The van der Waals surface area contributed by atoms with Crippen molar-refractivity contribution in [2.45, 2.75) is 51.7 Å². The van der Waals surface area contributed by atoms with Crippen LogP contribution in [-0.4, -0.2) is 37.7 Å². The van der Waals surface area contributed by atoms with Gasteiger partial charge in [0, 0.05) is 34.1 Å². The molecular formula is C30H30FN5O2. The third-order valence-corrected chi connectivity index (χ3v) is 7.82.